The van der Waals surface area contributed by atoms with Crippen molar-refractivity contribution in [1.29, 1.82) is 0 Å². The molecule has 2 aromatic heterocycles. The van der Waals surface area contributed by atoms with Crippen LogP contribution < -0.4 is 5.32 Å². The van der Waals surface area contributed by atoms with Gasteiger partial charge in [0.25, 0.3) is 0 Å². The topological polar surface area (TPSA) is 76.2 Å². The molecule has 8 nitrogen and oxygen atoms in total. The fraction of sp³-hybridized carbons (Fsp3) is 0.455. The van der Waals surface area contributed by atoms with Gasteiger partial charge in [-0.2, -0.15) is 5.10 Å². The fourth-order valence-corrected chi connectivity index (χ4v) is 3.32. The monoisotopic (exact) mass is 536 g/mol. The molecule has 0 amide bonds. The molecule has 0 aliphatic rings. The Kier molecular flexibility index (Phi) is 9.02. The van der Waals surface area contributed by atoms with E-state index in [9.17, 15) is 0 Å². The number of guanidine groups is 1. The summed E-state index contributed by atoms with van der Waals surface area (Å²) in [6.07, 6.45) is 2.09. The Balaban J connectivity index is 0.00000341. The van der Waals surface area contributed by atoms with Crippen LogP contribution in [-0.2, 0) is 33.7 Å². The molecule has 1 N–H and O–H groups in total. The van der Waals surface area contributed by atoms with Crippen LogP contribution in [0.4, 0.5) is 0 Å². The van der Waals surface area contributed by atoms with Gasteiger partial charge in [0.1, 0.15) is 5.82 Å². The van der Waals surface area contributed by atoms with E-state index in [1.165, 1.54) is 11.1 Å². The highest BCUT2D eigenvalue weighted by molar-refractivity contribution is 14.0. The summed E-state index contributed by atoms with van der Waals surface area (Å²) in [6.45, 7) is 8.17. The number of aromatic nitrogens is 5. The minimum Gasteiger partial charge on any atom is -0.349 e. The number of hydrogen-bond donors (Lipinski definition) is 1. The highest BCUT2D eigenvalue weighted by Gasteiger charge is 2.16. The molecule has 3 aromatic rings. The van der Waals surface area contributed by atoms with Crippen LogP contribution in [0.5, 0.6) is 0 Å². The average molecular weight is 536 g/mol. The van der Waals surface area contributed by atoms with Crippen molar-refractivity contribution in [3.8, 4) is 0 Å². The molecule has 0 atom stereocenters. The van der Waals surface area contributed by atoms with Gasteiger partial charge >= 0.3 is 0 Å². The summed E-state index contributed by atoms with van der Waals surface area (Å²) in [6, 6.07) is 10.3. The first-order valence-electron chi connectivity index (χ1n) is 10.3. The minimum atomic E-state index is 0. The van der Waals surface area contributed by atoms with Crippen molar-refractivity contribution in [1.82, 2.24) is 34.8 Å². The van der Waals surface area contributed by atoms with E-state index in [0.29, 0.717) is 19.0 Å². The van der Waals surface area contributed by atoms with Crippen molar-refractivity contribution < 1.29 is 0 Å². The zero-order valence-electron chi connectivity index (χ0n) is 19.2. The molecule has 0 aliphatic heterocycles. The van der Waals surface area contributed by atoms with E-state index >= 15 is 0 Å². The molecule has 9 heteroatoms. The molecule has 1 aromatic carbocycles. The fourth-order valence-electron chi connectivity index (χ4n) is 3.32. The predicted octanol–water partition coefficient (Wildman–Crippen LogP) is 3.38. The molecule has 0 unspecified atom stereocenters. The molecule has 0 bridgehead atoms. The highest BCUT2D eigenvalue weighted by atomic mass is 127. The molecule has 0 aliphatic carbocycles. The Morgan fingerprint density at radius 3 is 2.48 bits per heavy atom. The van der Waals surface area contributed by atoms with Crippen LogP contribution in [0.2, 0.25) is 0 Å². The van der Waals surface area contributed by atoms with Gasteiger partial charge in [0.05, 0.1) is 18.8 Å². The summed E-state index contributed by atoms with van der Waals surface area (Å²) < 4.78 is 3.87. The normalized spacial score (nSPS) is 11.5. The SMILES string of the molecule is Cc1nnc(CNC(=NCc2ccccc2)N(C)Cc2cn(C)nc2C(C)C)n1C.I. The second-order valence-corrected chi connectivity index (χ2v) is 7.93. The third kappa shape index (κ3) is 6.52. The van der Waals surface area contributed by atoms with E-state index in [1.807, 2.05) is 48.5 Å². The van der Waals surface area contributed by atoms with E-state index < -0.39 is 0 Å². The van der Waals surface area contributed by atoms with Crippen molar-refractivity contribution in [2.75, 3.05) is 7.05 Å². The van der Waals surface area contributed by atoms with E-state index in [4.69, 9.17) is 4.99 Å². The molecule has 0 fully saturated rings. The molecule has 3 rings (SSSR count). The summed E-state index contributed by atoms with van der Waals surface area (Å²) in [4.78, 5) is 7.00. The first kappa shape index (κ1) is 24.8. The van der Waals surface area contributed by atoms with E-state index in [1.54, 1.807) is 0 Å². The quantitative estimate of drug-likeness (QED) is 0.285. The predicted molar refractivity (Wildman–Crippen MR) is 134 cm³/mol. The summed E-state index contributed by atoms with van der Waals surface area (Å²) >= 11 is 0. The second kappa shape index (κ2) is 11.3. The lowest BCUT2D eigenvalue weighted by atomic mass is 10.1. The standard InChI is InChI=1S/C22H32N8.HI/c1-16(2)21-19(15-29(5)27-21)14-28(4)22(23-12-18-10-8-7-9-11-18)24-13-20-26-25-17(3)30(20)6;/h7-11,15-16H,12-14H2,1-6H3,(H,23,24);1H. The van der Waals surface area contributed by atoms with Crippen molar-refractivity contribution >= 4 is 29.9 Å². The number of nitrogens with zero attached hydrogens (tertiary/aromatic N) is 7. The maximum atomic E-state index is 4.87. The molecule has 168 valence electrons. The Bertz CT molecular complexity index is 990. The van der Waals surface area contributed by atoms with Gasteiger partial charge in [0.15, 0.2) is 11.8 Å². The molecule has 0 saturated heterocycles. The summed E-state index contributed by atoms with van der Waals surface area (Å²) in [7, 11) is 5.99. The van der Waals surface area contributed by atoms with Gasteiger partial charge in [-0.15, -0.1) is 34.2 Å². The molecule has 0 saturated carbocycles. The highest BCUT2D eigenvalue weighted by Crippen LogP contribution is 2.18. The van der Waals surface area contributed by atoms with Crippen LogP contribution in [0.3, 0.4) is 0 Å². The van der Waals surface area contributed by atoms with Crippen LogP contribution in [-0.4, -0.2) is 42.5 Å². The van der Waals surface area contributed by atoms with Gasteiger partial charge in [-0.3, -0.25) is 4.68 Å². The lowest BCUT2D eigenvalue weighted by Crippen LogP contribution is -2.38. The number of aryl methyl sites for hydroxylation is 2. The maximum Gasteiger partial charge on any atom is 0.194 e. The summed E-state index contributed by atoms with van der Waals surface area (Å²) in [5.41, 5.74) is 3.50. The van der Waals surface area contributed by atoms with Crippen LogP contribution in [0, 0.1) is 6.92 Å². The Labute approximate surface area is 201 Å². The third-order valence-electron chi connectivity index (χ3n) is 5.09. The third-order valence-corrected chi connectivity index (χ3v) is 5.09. The number of rotatable bonds is 7. The van der Waals surface area contributed by atoms with Crippen LogP contribution in [0.15, 0.2) is 41.5 Å². The zero-order valence-corrected chi connectivity index (χ0v) is 21.5. The summed E-state index contributed by atoms with van der Waals surface area (Å²) in [5.74, 6) is 2.95. The first-order valence-corrected chi connectivity index (χ1v) is 10.3. The molecule has 31 heavy (non-hydrogen) atoms. The smallest absolute Gasteiger partial charge is 0.194 e. The number of nitrogens with one attached hydrogen (secondary N) is 1. The van der Waals surface area contributed by atoms with Crippen molar-refractivity contribution in [3.63, 3.8) is 0 Å². The van der Waals surface area contributed by atoms with Crippen LogP contribution in [0.1, 0.15) is 48.2 Å². The van der Waals surface area contributed by atoms with Crippen molar-refractivity contribution in [2.45, 2.75) is 46.3 Å². The molecular formula is C22H33IN8. The lowest BCUT2D eigenvalue weighted by Gasteiger charge is -2.23. The summed E-state index contributed by atoms with van der Waals surface area (Å²) in [5, 5.41) is 16.5. The molecular weight excluding hydrogens is 503 g/mol. The lowest BCUT2D eigenvalue weighted by molar-refractivity contribution is 0.469. The van der Waals surface area contributed by atoms with Gasteiger partial charge < -0.3 is 14.8 Å². The number of halogens is 1. The molecule has 0 spiro atoms. The van der Waals surface area contributed by atoms with Gasteiger partial charge in [-0.1, -0.05) is 44.2 Å². The van der Waals surface area contributed by atoms with E-state index in [2.05, 4.69) is 64.7 Å². The maximum absolute atomic E-state index is 4.87. The largest absolute Gasteiger partial charge is 0.349 e. The Morgan fingerprint density at radius 2 is 1.87 bits per heavy atom. The molecule has 2 heterocycles. The van der Waals surface area contributed by atoms with Gasteiger partial charge in [-0.25, -0.2) is 4.99 Å². The van der Waals surface area contributed by atoms with E-state index in [0.717, 1.165) is 29.8 Å². The Hall–Kier alpha value is -2.43. The average Bonchev–Trinajstić information content (AvgIpc) is 3.25. The first-order chi connectivity index (χ1) is 14.3. The van der Waals surface area contributed by atoms with E-state index in [-0.39, 0.29) is 24.0 Å². The van der Waals surface area contributed by atoms with Crippen molar-refractivity contribution in [3.05, 3.63) is 65.0 Å². The van der Waals surface area contributed by atoms with Crippen molar-refractivity contribution in [2.24, 2.45) is 19.1 Å². The Morgan fingerprint density at radius 1 is 1.16 bits per heavy atom. The van der Waals surface area contributed by atoms with Gasteiger partial charge in [0.2, 0.25) is 0 Å². The minimum absolute atomic E-state index is 0. The number of hydrogen-bond acceptors (Lipinski definition) is 4. The van der Waals surface area contributed by atoms with Crippen LogP contribution >= 0.6 is 24.0 Å². The zero-order chi connectivity index (χ0) is 21.7. The van der Waals surface area contributed by atoms with Crippen LogP contribution in [0.25, 0.3) is 0 Å². The van der Waals surface area contributed by atoms with Gasteiger partial charge in [-0.05, 0) is 18.4 Å². The van der Waals surface area contributed by atoms with Gasteiger partial charge in [0, 0.05) is 39.4 Å². The number of aliphatic imine (C=N–C) groups is 1. The molecule has 0 radical (unpaired) electrons. The number of benzene rings is 1. The second-order valence-electron chi connectivity index (χ2n) is 7.93.